The molecular weight excluding hydrogens is 656 g/mol. The molecule has 45 heavy (non-hydrogen) atoms. The van der Waals surface area contributed by atoms with E-state index in [1.807, 2.05) is 72.8 Å². The van der Waals surface area contributed by atoms with E-state index in [0.717, 1.165) is 21.2 Å². The molecule has 0 aliphatic carbocycles. The summed E-state index contributed by atoms with van der Waals surface area (Å²) in [6, 6.07) is 31.1. The first kappa shape index (κ1) is 31.0. The zero-order valence-electron chi connectivity index (χ0n) is 24.5. The molecule has 2 heterocycles. The maximum atomic E-state index is 14.8. The number of fused-ring (bicyclic) bond motifs is 3. The van der Waals surface area contributed by atoms with Crippen LogP contribution in [0.4, 0.5) is 0 Å². The summed E-state index contributed by atoms with van der Waals surface area (Å²) < 4.78 is 39.8. The van der Waals surface area contributed by atoms with Crippen LogP contribution in [0.1, 0.15) is 34.8 Å². The fourth-order valence-electron chi connectivity index (χ4n) is 5.80. The molecule has 8 nitrogen and oxygen atoms in total. The van der Waals surface area contributed by atoms with Gasteiger partial charge in [-0.15, -0.1) is 0 Å². The Morgan fingerprint density at radius 1 is 0.956 bits per heavy atom. The second-order valence-electron chi connectivity index (χ2n) is 11.1. The molecule has 0 saturated heterocycles. The van der Waals surface area contributed by atoms with Gasteiger partial charge in [0.05, 0.1) is 17.3 Å². The van der Waals surface area contributed by atoms with Gasteiger partial charge in [0.1, 0.15) is 5.75 Å². The third-order valence-electron chi connectivity index (χ3n) is 8.11. The maximum absolute atomic E-state index is 14.8. The summed E-state index contributed by atoms with van der Waals surface area (Å²) >= 11 is 3.50. The number of rotatable bonds is 11. The predicted molar refractivity (Wildman–Crippen MR) is 175 cm³/mol. The van der Waals surface area contributed by atoms with E-state index in [2.05, 4.69) is 15.9 Å². The number of aliphatic imine (C=N–C) groups is 1. The lowest BCUT2D eigenvalue weighted by Crippen LogP contribution is -2.50. The van der Waals surface area contributed by atoms with Crippen molar-refractivity contribution in [3.8, 4) is 5.75 Å². The minimum Gasteiger partial charge on any atom is -0.494 e. The number of aliphatic hydroxyl groups excluding tert-OH is 1. The summed E-state index contributed by atoms with van der Waals surface area (Å²) in [4.78, 5) is 21.8. The number of ether oxygens (including phenoxy) is 2. The summed E-state index contributed by atoms with van der Waals surface area (Å²) in [5, 5.41) is 9.06. The molecule has 1 N–H and O–H groups in total. The Morgan fingerprint density at radius 3 is 2.40 bits per heavy atom. The van der Waals surface area contributed by atoms with Gasteiger partial charge in [-0.25, -0.2) is 13.4 Å². The van der Waals surface area contributed by atoms with E-state index in [4.69, 9.17) is 19.6 Å². The minimum absolute atomic E-state index is 0.00390. The molecule has 0 unspecified atom stereocenters. The number of amides is 1. The summed E-state index contributed by atoms with van der Waals surface area (Å²) in [7, 11) is -3.64. The van der Waals surface area contributed by atoms with E-state index in [1.54, 1.807) is 35.2 Å². The van der Waals surface area contributed by atoms with Gasteiger partial charge in [-0.3, -0.25) is 4.79 Å². The van der Waals surface area contributed by atoms with Crippen molar-refractivity contribution >= 4 is 37.6 Å². The van der Waals surface area contributed by atoms with E-state index in [-0.39, 0.29) is 42.7 Å². The van der Waals surface area contributed by atoms with Crippen LogP contribution >= 0.6 is 15.9 Å². The molecule has 1 amide bonds. The molecule has 0 aromatic heterocycles. The van der Waals surface area contributed by atoms with Crippen LogP contribution in [-0.4, -0.2) is 61.3 Å². The highest BCUT2D eigenvalue weighted by Gasteiger charge is 2.56. The Morgan fingerprint density at radius 2 is 1.67 bits per heavy atom. The number of aliphatic hydroxyl groups is 1. The molecule has 232 valence electrons. The highest BCUT2D eigenvalue weighted by Crippen LogP contribution is 2.46. The van der Waals surface area contributed by atoms with Crippen LogP contribution in [0.25, 0.3) is 0 Å². The van der Waals surface area contributed by atoms with E-state index in [0.29, 0.717) is 30.2 Å². The molecule has 0 radical (unpaired) electrons. The molecule has 2 aliphatic rings. The molecule has 4 aromatic rings. The van der Waals surface area contributed by atoms with Crippen molar-refractivity contribution in [3.63, 3.8) is 0 Å². The van der Waals surface area contributed by atoms with Crippen LogP contribution in [0.5, 0.6) is 5.75 Å². The molecule has 0 saturated carbocycles. The monoisotopic (exact) mass is 688 g/mol. The fraction of sp³-hybridized carbons (Fsp3) is 0.257. The smallest absolute Gasteiger partial charge is 0.255 e. The van der Waals surface area contributed by atoms with Gasteiger partial charge in [0, 0.05) is 48.1 Å². The number of benzene rings is 4. The van der Waals surface area contributed by atoms with Crippen LogP contribution in [0.2, 0.25) is 0 Å². The molecule has 2 atom stereocenters. The van der Waals surface area contributed by atoms with Crippen LogP contribution in [0.15, 0.2) is 117 Å². The van der Waals surface area contributed by atoms with Crippen molar-refractivity contribution in [2.75, 3.05) is 25.5 Å². The number of carbonyl (C=O) groups excluding carboxylic acids is 1. The lowest BCUT2D eigenvalue weighted by molar-refractivity contribution is -0.139. The van der Waals surface area contributed by atoms with E-state index < -0.39 is 21.5 Å². The van der Waals surface area contributed by atoms with E-state index in [1.165, 1.54) is 0 Å². The Bertz CT molecular complexity index is 1800. The second kappa shape index (κ2) is 13.2. The van der Waals surface area contributed by atoms with Crippen molar-refractivity contribution < 1.29 is 27.8 Å². The minimum atomic E-state index is -3.64. The quantitative estimate of drug-likeness (QED) is 0.208. The lowest BCUT2D eigenvalue weighted by atomic mass is 9.81. The van der Waals surface area contributed by atoms with Gasteiger partial charge in [0.15, 0.2) is 21.5 Å². The Balaban J connectivity index is 1.40. The van der Waals surface area contributed by atoms with Crippen molar-refractivity contribution in [2.24, 2.45) is 4.99 Å². The van der Waals surface area contributed by atoms with Crippen molar-refractivity contribution in [1.82, 2.24) is 4.90 Å². The van der Waals surface area contributed by atoms with Gasteiger partial charge in [0.2, 0.25) is 5.90 Å². The van der Waals surface area contributed by atoms with Crippen LogP contribution in [0, 0.1) is 0 Å². The van der Waals surface area contributed by atoms with Crippen molar-refractivity contribution in [2.45, 2.75) is 35.9 Å². The Kier molecular flexibility index (Phi) is 9.07. The highest BCUT2D eigenvalue weighted by atomic mass is 79.9. The molecule has 10 heteroatoms. The third kappa shape index (κ3) is 6.54. The molecule has 6 rings (SSSR count). The molecular formula is C35H33BrN2O6S. The Labute approximate surface area is 271 Å². The second-order valence-corrected chi connectivity index (χ2v) is 14.2. The number of sulfone groups is 1. The largest absolute Gasteiger partial charge is 0.494 e. The van der Waals surface area contributed by atoms with Crippen LogP contribution < -0.4 is 4.74 Å². The summed E-state index contributed by atoms with van der Waals surface area (Å²) in [5.41, 5.74) is 1.95. The van der Waals surface area contributed by atoms with E-state index >= 15 is 0 Å². The first-order valence-electron chi connectivity index (χ1n) is 14.8. The molecule has 2 aliphatic heterocycles. The van der Waals surface area contributed by atoms with E-state index in [9.17, 15) is 13.2 Å². The Hall–Kier alpha value is -3.99. The number of halogens is 1. The standard InChI is InChI=1S/C35H33BrN2O6S/c36-28-15-11-25(12-16-28)23-35-32(44-33(37-35)26-13-17-29(18-14-26)43-21-6-20-39)31-10-5-4-7-27(31)24-38(34(35)40)19-22-45(41,42)30-8-2-1-3-9-30/h1-5,7-18,32,39H,6,19-24H2/t32-,35-/m1/s1. The van der Waals surface area contributed by atoms with Gasteiger partial charge in [0.25, 0.3) is 5.91 Å². The SMILES string of the molecule is O=C1N(CCS(=O)(=O)c2ccccc2)Cc2ccccc2[C@H]2OC(c3ccc(OCCCO)cc3)=N[C@@]12Cc1ccc(Br)cc1. The lowest BCUT2D eigenvalue weighted by Gasteiger charge is -2.32. The van der Waals surface area contributed by atoms with Gasteiger partial charge in [-0.2, -0.15) is 0 Å². The predicted octanol–water partition coefficient (Wildman–Crippen LogP) is 5.53. The van der Waals surface area contributed by atoms with Crippen molar-refractivity contribution in [3.05, 3.63) is 130 Å². The summed E-state index contributed by atoms with van der Waals surface area (Å²) in [6.07, 6.45) is 0.0602. The highest BCUT2D eigenvalue weighted by molar-refractivity contribution is 9.10. The molecule has 0 fully saturated rings. The topological polar surface area (TPSA) is 106 Å². The van der Waals surface area contributed by atoms with Crippen LogP contribution in [-0.2, 0) is 32.3 Å². The first-order valence-corrected chi connectivity index (χ1v) is 17.2. The first-order chi connectivity index (χ1) is 21.8. The maximum Gasteiger partial charge on any atom is 0.255 e. The third-order valence-corrected chi connectivity index (χ3v) is 10.4. The van der Waals surface area contributed by atoms with Crippen molar-refractivity contribution in [1.29, 1.82) is 0 Å². The van der Waals surface area contributed by atoms with Gasteiger partial charge in [-0.1, -0.05) is 70.5 Å². The normalized spacial score (nSPS) is 19.2. The number of carbonyl (C=O) groups is 1. The summed E-state index contributed by atoms with van der Waals surface area (Å²) in [5.74, 6) is 0.477. The van der Waals surface area contributed by atoms with Gasteiger partial charge >= 0.3 is 0 Å². The van der Waals surface area contributed by atoms with Crippen LogP contribution in [0.3, 0.4) is 0 Å². The number of hydrogen-bond acceptors (Lipinski definition) is 7. The number of hydrogen-bond donors (Lipinski definition) is 1. The average Bonchev–Trinajstić information content (AvgIpc) is 3.41. The summed E-state index contributed by atoms with van der Waals surface area (Å²) in [6.45, 7) is 0.692. The fourth-order valence-corrected chi connectivity index (χ4v) is 7.33. The van der Waals surface area contributed by atoms with Gasteiger partial charge < -0.3 is 19.5 Å². The zero-order valence-corrected chi connectivity index (χ0v) is 26.9. The molecule has 0 bridgehead atoms. The number of nitrogens with zero attached hydrogens (tertiary/aromatic N) is 2. The molecule has 4 aromatic carbocycles. The zero-order chi connectivity index (χ0) is 31.4. The average molecular weight is 690 g/mol. The van der Waals surface area contributed by atoms with Gasteiger partial charge in [-0.05, 0) is 59.7 Å². The molecule has 0 spiro atoms.